The van der Waals surface area contributed by atoms with Crippen LogP contribution in [0.25, 0.3) is 0 Å². The smallest absolute Gasteiger partial charge is 0.241 e. The number of aryl methyl sites for hydroxylation is 1. The van der Waals surface area contributed by atoms with Gasteiger partial charge in [-0.25, -0.2) is 8.42 Å². The molecule has 0 aromatic heterocycles. The van der Waals surface area contributed by atoms with E-state index in [1.807, 2.05) is 0 Å². The van der Waals surface area contributed by atoms with Crippen molar-refractivity contribution in [3.8, 4) is 0 Å². The molecule has 7 heteroatoms. The van der Waals surface area contributed by atoms with E-state index >= 15 is 0 Å². The second kappa shape index (κ2) is 5.77. The number of hydrogen-bond donors (Lipinski definition) is 4. The van der Waals surface area contributed by atoms with Crippen LogP contribution in [0.15, 0.2) is 29.2 Å². The van der Waals surface area contributed by atoms with Crippen molar-refractivity contribution in [3.05, 3.63) is 29.8 Å². The largest absolute Gasteiger partial charge is 0.394 e. The zero-order chi connectivity index (χ0) is 13.8. The minimum atomic E-state index is -3.91. The molecule has 0 spiro atoms. The van der Waals surface area contributed by atoms with Gasteiger partial charge in [0, 0.05) is 0 Å². The quantitative estimate of drug-likeness (QED) is 0.532. The average molecular weight is 275 g/mol. The van der Waals surface area contributed by atoms with E-state index < -0.39 is 35.4 Å². The first-order valence-corrected chi connectivity index (χ1v) is 6.81. The Labute approximate surface area is 106 Å². The predicted octanol–water partition coefficient (Wildman–Crippen LogP) is -1.01. The topological polar surface area (TPSA) is 107 Å². The zero-order valence-electron chi connectivity index (χ0n) is 10.00. The molecule has 4 N–H and O–H groups in total. The van der Waals surface area contributed by atoms with Gasteiger partial charge in [0.05, 0.1) is 24.7 Å². The van der Waals surface area contributed by atoms with Gasteiger partial charge in [0.2, 0.25) is 10.0 Å². The first kappa shape index (κ1) is 15.1. The van der Waals surface area contributed by atoms with Gasteiger partial charge < -0.3 is 15.3 Å². The highest BCUT2D eigenvalue weighted by Crippen LogP contribution is 2.16. The predicted molar refractivity (Wildman–Crippen MR) is 65.5 cm³/mol. The second-order valence-corrected chi connectivity index (χ2v) is 5.78. The number of aliphatic hydroxyl groups is 3. The summed E-state index contributed by atoms with van der Waals surface area (Å²) in [5.41, 5.74) is -1.13. The number of benzene rings is 1. The first-order valence-electron chi connectivity index (χ1n) is 5.33. The van der Waals surface area contributed by atoms with Gasteiger partial charge in [0.25, 0.3) is 0 Å². The Morgan fingerprint density at radius 2 is 1.61 bits per heavy atom. The van der Waals surface area contributed by atoms with E-state index in [1.54, 1.807) is 25.1 Å². The highest BCUT2D eigenvalue weighted by Gasteiger charge is 2.34. The molecular formula is C11H17NO5S. The molecule has 0 aliphatic carbocycles. The van der Waals surface area contributed by atoms with Gasteiger partial charge >= 0.3 is 0 Å². The number of hydrogen-bond acceptors (Lipinski definition) is 5. The van der Waals surface area contributed by atoms with Crippen molar-refractivity contribution in [2.45, 2.75) is 17.4 Å². The van der Waals surface area contributed by atoms with Crippen LogP contribution in [0.5, 0.6) is 0 Å². The van der Waals surface area contributed by atoms with E-state index in [-0.39, 0.29) is 4.90 Å². The third-order valence-corrected chi connectivity index (χ3v) is 4.38. The Bertz CT molecular complexity index is 488. The summed E-state index contributed by atoms with van der Waals surface area (Å²) < 4.78 is 26.3. The summed E-state index contributed by atoms with van der Waals surface area (Å²) >= 11 is 0. The SMILES string of the molecule is Cc1ccccc1S(=O)(=O)NC(CO)(CO)CO. The van der Waals surface area contributed by atoms with Gasteiger partial charge in [-0.2, -0.15) is 4.72 Å². The van der Waals surface area contributed by atoms with E-state index in [9.17, 15) is 8.42 Å². The Hall–Kier alpha value is -0.990. The normalized spacial score (nSPS) is 12.7. The summed E-state index contributed by atoms with van der Waals surface area (Å²) in [7, 11) is -3.91. The molecular weight excluding hydrogens is 258 g/mol. The van der Waals surface area contributed by atoms with Crippen molar-refractivity contribution in [2.24, 2.45) is 0 Å². The molecule has 0 saturated carbocycles. The van der Waals surface area contributed by atoms with E-state index in [1.165, 1.54) is 6.07 Å². The molecule has 1 rings (SSSR count). The van der Waals surface area contributed by atoms with Crippen LogP contribution in [0.1, 0.15) is 5.56 Å². The molecule has 0 fully saturated rings. The monoisotopic (exact) mass is 275 g/mol. The fraction of sp³-hybridized carbons (Fsp3) is 0.455. The highest BCUT2D eigenvalue weighted by atomic mass is 32.2. The van der Waals surface area contributed by atoms with Crippen molar-refractivity contribution in [2.75, 3.05) is 19.8 Å². The molecule has 0 aliphatic rings. The van der Waals surface area contributed by atoms with Gasteiger partial charge in [-0.15, -0.1) is 0 Å². The van der Waals surface area contributed by atoms with Gasteiger partial charge in [0.1, 0.15) is 5.54 Å². The lowest BCUT2D eigenvalue weighted by Gasteiger charge is -2.28. The average Bonchev–Trinajstić information content (AvgIpc) is 2.36. The standard InChI is InChI=1S/C11H17NO5S/c1-9-4-2-3-5-10(9)18(16,17)12-11(6-13,7-14)8-15/h2-5,12-15H,6-8H2,1H3. The van der Waals surface area contributed by atoms with Crippen molar-refractivity contribution in [1.29, 1.82) is 0 Å². The number of sulfonamides is 1. The summed E-state index contributed by atoms with van der Waals surface area (Å²) in [5.74, 6) is 0. The zero-order valence-corrected chi connectivity index (χ0v) is 10.8. The van der Waals surface area contributed by atoms with Crippen LogP contribution < -0.4 is 4.72 Å². The summed E-state index contributed by atoms with van der Waals surface area (Å²) in [6.07, 6.45) is 0. The summed E-state index contributed by atoms with van der Waals surface area (Å²) in [6.45, 7) is -0.478. The molecule has 18 heavy (non-hydrogen) atoms. The van der Waals surface area contributed by atoms with Crippen LogP contribution in [0.2, 0.25) is 0 Å². The van der Waals surface area contributed by atoms with Crippen LogP contribution >= 0.6 is 0 Å². The lowest BCUT2D eigenvalue weighted by atomic mass is 10.1. The van der Waals surface area contributed by atoms with Gasteiger partial charge in [-0.05, 0) is 18.6 Å². The third-order valence-electron chi connectivity index (χ3n) is 2.64. The number of aliphatic hydroxyl groups excluding tert-OH is 3. The Morgan fingerprint density at radius 1 is 1.11 bits per heavy atom. The first-order chi connectivity index (χ1) is 8.40. The highest BCUT2D eigenvalue weighted by molar-refractivity contribution is 7.89. The summed E-state index contributed by atoms with van der Waals surface area (Å²) in [6, 6.07) is 6.31. The lowest BCUT2D eigenvalue weighted by molar-refractivity contribution is 0.0582. The fourth-order valence-electron chi connectivity index (χ4n) is 1.44. The minimum absolute atomic E-state index is 0.0460. The molecule has 102 valence electrons. The Morgan fingerprint density at radius 3 is 2.06 bits per heavy atom. The van der Waals surface area contributed by atoms with E-state index in [2.05, 4.69) is 4.72 Å². The van der Waals surface area contributed by atoms with Crippen LogP contribution in [0, 0.1) is 6.92 Å². The Balaban J connectivity index is 3.13. The third kappa shape index (κ3) is 3.06. The minimum Gasteiger partial charge on any atom is -0.394 e. The molecule has 0 atom stereocenters. The van der Waals surface area contributed by atoms with Crippen LogP contribution in [-0.2, 0) is 10.0 Å². The lowest BCUT2D eigenvalue weighted by Crippen LogP contribution is -2.56. The van der Waals surface area contributed by atoms with Crippen molar-refractivity contribution in [1.82, 2.24) is 4.72 Å². The van der Waals surface area contributed by atoms with Crippen molar-refractivity contribution in [3.63, 3.8) is 0 Å². The number of nitrogens with one attached hydrogen (secondary N) is 1. The molecule has 1 aromatic carbocycles. The van der Waals surface area contributed by atoms with E-state index in [4.69, 9.17) is 15.3 Å². The molecule has 0 unspecified atom stereocenters. The fourth-order valence-corrected chi connectivity index (χ4v) is 3.07. The molecule has 1 aromatic rings. The molecule has 0 bridgehead atoms. The molecule has 6 nitrogen and oxygen atoms in total. The van der Waals surface area contributed by atoms with Gasteiger partial charge in [-0.3, -0.25) is 0 Å². The maximum absolute atomic E-state index is 12.1. The van der Waals surface area contributed by atoms with Gasteiger partial charge in [-0.1, -0.05) is 18.2 Å². The molecule has 0 heterocycles. The molecule has 0 radical (unpaired) electrons. The second-order valence-electron chi connectivity index (χ2n) is 4.13. The molecule has 0 saturated heterocycles. The van der Waals surface area contributed by atoms with Crippen LogP contribution in [-0.4, -0.2) is 49.1 Å². The summed E-state index contributed by atoms with van der Waals surface area (Å²) in [5, 5.41) is 27.3. The molecule has 0 aliphatic heterocycles. The maximum Gasteiger partial charge on any atom is 0.241 e. The summed E-state index contributed by atoms with van der Waals surface area (Å²) in [4.78, 5) is 0.0460. The van der Waals surface area contributed by atoms with E-state index in [0.717, 1.165) is 0 Å². The van der Waals surface area contributed by atoms with Crippen LogP contribution in [0.3, 0.4) is 0 Å². The Kier molecular flexibility index (Phi) is 4.83. The van der Waals surface area contributed by atoms with Crippen LogP contribution in [0.4, 0.5) is 0 Å². The van der Waals surface area contributed by atoms with Gasteiger partial charge in [0.15, 0.2) is 0 Å². The van der Waals surface area contributed by atoms with E-state index in [0.29, 0.717) is 5.56 Å². The molecule has 0 amide bonds. The number of rotatable bonds is 6. The maximum atomic E-state index is 12.1. The van der Waals surface area contributed by atoms with Crippen molar-refractivity contribution < 1.29 is 23.7 Å². The van der Waals surface area contributed by atoms with Crippen molar-refractivity contribution >= 4 is 10.0 Å².